The van der Waals surface area contributed by atoms with E-state index >= 15 is 0 Å². The molecule has 2 atom stereocenters. The number of nitrogens with two attached hydrogens (primary N) is 1. The third kappa shape index (κ3) is 1.51. The molecule has 3 nitrogen and oxygen atoms in total. The molecule has 2 unspecified atom stereocenters. The molecule has 1 aliphatic rings. The maximum absolute atomic E-state index is 5.81. The van der Waals surface area contributed by atoms with Gasteiger partial charge in [0.05, 0.1) is 23.6 Å². The second-order valence-electron chi connectivity index (χ2n) is 4.46. The highest BCUT2D eigenvalue weighted by atomic mass is 15.3. The van der Waals surface area contributed by atoms with Crippen LogP contribution in [0.25, 0.3) is 0 Å². The molecular weight excluding hydrogens is 174 g/mol. The summed E-state index contributed by atoms with van der Waals surface area (Å²) in [5, 5.41) is 4.38. The minimum Gasteiger partial charge on any atom is -0.396 e. The fourth-order valence-corrected chi connectivity index (χ4v) is 2.43. The van der Waals surface area contributed by atoms with Crippen LogP contribution in [0.3, 0.4) is 0 Å². The third-order valence-corrected chi connectivity index (χ3v) is 3.46. The van der Waals surface area contributed by atoms with Gasteiger partial charge in [0.15, 0.2) is 0 Å². The first-order valence-electron chi connectivity index (χ1n) is 5.49. The average molecular weight is 193 g/mol. The van der Waals surface area contributed by atoms with Crippen LogP contribution >= 0.6 is 0 Å². The summed E-state index contributed by atoms with van der Waals surface area (Å²) in [7, 11) is 0. The maximum atomic E-state index is 5.81. The van der Waals surface area contributed by atoms with Gasteiger partial charge >= 0.3 is 0 Å². The molecule has 0 bridgehead atoms. The Bertz CT molecular complexity index is 316. The van der Waals surface area contributed by atoms with E-state index in [1.807, 2.05) is 0 Å². The fourth-order valence-electron chi connectivity index (χ4n) is 2.43. The number of aromatic nitrogens is 2. The van der Waals surface area contributed by atoms with Crippen LogP contribution in [0.15, 0.2) is 6.20 Å². The molecule has 0 saturated heterocycles. The molecular formula is C11H19N3. The van der Waals surface area contributed by atoms with Gasteiger partial charge in [-0.15, -0.1) is 0 Å². The van der Waals surface area contributed by atoms with Crippen LogP contribution < -0.4 is 5.73 Å². The smallest absolute Gasteiger partial charge is 0.0730 e. The summed E-state index contributed by atoms with van der Waals surface area (Å²) in [6.45, 7) is 4.38. The summed E-state index contributed by atoms with van der Waals surface area (Å²) >= 11 is 0. The SMILES string of the molecule is Cc1c(N)cnn1C1CCCCC1C. The average Bonchev–Trinajstić information content (AvgIpc) is 2.49. The van der Waals surface area contributed by atoms with Gasteiger partial charge in [-0.3, -0.25) is 4.68 Å². The molecule has 14 heavy (non-hydrogen) atoms. The minimum atomic E-state index is 0.570. The van der Waals surface area contributed by atoms with E-state index in [4.69, 9.17) is 5.73 Å². The highest BCUT2D eigenvalue weighted by molar-refractivity contribution is 5.39. The van der Waals surface area contributed by atoms with Crippen molar-refractivity contribution in [1.82, 2.24) is 9.78 Å². The number of anilines is 1. The normalized spacial score (nSPS) is 27.9. The summed E-state index contributed by atoms with van der Waals surface area (Å²) in [5.74, 6) is 0.738. The van der Waals surface area contributed by atoms with Crippen LogP contribution in [0, 0.1) is 12.8 Å². The summed E-state index contributed by atoms with van der Waals surface area (Å²) in [6, 6.07) is 0.570. The molecule has 0 spiro atoms. The first-order chi connectivity index (χ1) is 6.70. The lowest BCUT2D eigenvalue weighted by Crippen LogP contribution is -2.22. The van der Waals surface area contributed by atoms with Crippen LogP contribution in [-0.4, -0.2) is 9.78 Å². The molecule has 1 fully saturated rings. The lowest BCUT2D eigenvalue weighted by atomic mass is 9.86. The van der Waals surface area contributed by atoms with Gasteiger partial charge in [0.1, 0.15) is 0 Å². The molecule has 1 aromatic rings. The second kappa shape index (κ2) is 3.64. The molecule has 2 rings (SSSR count). The van der Waals surface area contributed by atoms with E-state index in [9.17, 15) is 0 Å². The molecule has 1 heterocycles. The Kier molecular flexibility index (Phi) is 2.48. The largest absolute Gasteiger partial charge is 0.396 e. The Morgan fingerprint density at radius 1 is 1.43 bits per heavy atom. The highest BCUT2D eigenvalue weighted by Gasteiger charge is 2.24. The van der Waals surface area contributed by atoms with E-state index < -0.39 is 0 Å². The topological polar surface area (TPSA) is 43.8 Å². The zero-order valence-corrected chi connectivity index (χ0v) is 9.03. The molecule has 0 aliphatic heterocycles. The molecule has 1 saturated carbocycles. The van der Waals surface area contributed by atoms with Gasteiger partial charge in [0.25, 0.3) is 0 Å². The van der Waals surface area contributed by atoms with E-state index in [1.165, 1.54) is 25.7 Å². The van der Waals surface area contributed by atoms with Crippen LogP contribution in [0.4, 0.5) is 5.69 Å². The third-order valence-electron chi connectivity index (χ3n) is 3.46. The summed E-state index contributed by atoms with van der Waals surface area (Å²) in [4.78, 5) is 0. The predicted molar refractivity (Wildman–Crippen MR) is 58.0 cm³/mol. The van der Waals surface area contributed by atoms with Gasteiger partial charge in [-0.2, -0.15) is 5.10 Å². The molecule has 3 heteroatoms. The summed E-state index contributed by atoms with van der Waals surface area (Å²) in [6.07, 6.45) is 7.05. The molecule has 2 N–H and O–H groups in total. The van der Waals surface area contributed by atoms with Gasteiger partial charge in [-0.05, 0) is 25.7 Å². The first kappa shape index (κ1) is 9.56. The second-order valence-corrected chi connectivity index (χ2v) is 4.46. The fraction of sp³-hybridized carbons (Fsp3) is 0.727. The van der Waals surface area contributed by atoms with Crippen LogP contribution in [-0.2, 0) is 0 Å². The van der Waals surface area contributed by atoms with Crippen molar-refractivity contribution < 1.29 is 0 Å². The zero-order chi connectivity index (χ0) is 10.1. The van der Waals surface area contributed by atoms with Crippen molar-refractivity contribution in [2.24, 2.45) is 5.92 Å². The number of nitrogens with zero attached hydrogens (tertiary/aromatic N) is 2. The number of hydrogen-bond acceptors (Lipinski definition) is 2. The highest BCUT2D eigenvalue weighted by Crippen LogP contribution is 2.34. The summed E-state index contributed by atoms with van der Waals surface area (Å²) < 4.78 is 2.12. The van der Waals surface area contributed by atoms with E-state index in [0.29, 0.717) is 6.04 Å². The minimum absolute atomic E-state index is 0.570. The van der Waals surface area contributed by atoms with Gasteiger partial charge in [0, 0.05) is 0 Å². The van der Waals surface area contributed by atoms with Crippen molar-refractivity contribution >= 4 is 5.69 Å². The molecule has 78 valence electrons. The van der Waals surface area contributed by atoms with Gasteiger partial charge < -0.3 is 5.73 Å². The van der Waals surface area contributed by atoms with E-state index in [1.54, 1.807) is 6.20 Å². The van der Waals surface area contributed by atoms with Gasteiger partial charge in [0.2, 0.25) is 0 Å². The molecule has 0 amide bonds. The molecule has 0 radical (unpaired) electrons. The van der Waals surface area contributed by atoms with Crippen molar-refractivity contribution in [3.63, 3.8) is 0 Å². The Labute approximate surface area is 85.3 Å². The lowest BCUT2D eigenvalue weighted by Gasteiger charge is -2.29. The number of nitrogen functional groups attached to an aromatic ring is 1. The summed E-state index contributed by atoms with van der Waals surface area (Å²) in [5.41, 5.74) is 7.76. The molecule has 1 aromatic heterocycles. The maximum Gasteiger partial charge on any atom is 0.0730 e. The van der Waals surface area contributed by atoms with Crippen LogP contribution in [0.1, 0.15) is 44.3 Å². The van der Waals surface area contributed by atoms with E-state index in [0.717, 1.165) is 17.3 Å². The van der Waals surface area contributed by atoms with Crippen molar-refractivity contribution in [3.05, 3.63) is 11.9 Å². The molecule has 1 aliphatic carbocycles. The van der Waals surface area contributed by atoms with Crippen molar-refractivity contribution in [1.29, 1.82) is 0 Å². The van der Waals surface area contributed by atoms with Crippen molar-refractivity contribution in [2.75, 3.05) is 5.73 Å². The Morgan fingerprint density at radius 2 is 2.14 bits per heavy atom. The standard InChI is InChI=1S/C11H19N3/c1-8-5-3-4-6-11(8)14-9(2)10(12)7-13-14/h7-8,11H,3-6,12H2,1-2H3. The predicted octanol–water partition coefficient (Wildman–Crippen LogP) is 2.52. The van der Waals surface area contributed by atoms with Crippen molar-refractivity contribution in [3.8, 4) is 0 Å². The monoisotopic (exact) mass is 193 g/mol. The zero-order valence-electron chi connectivity index (χ0n) is 9.03. The van der Waals surface area contributed by atoms with E-state index in [2.05, 4.69) is 23.6 Å². The van der Waals surface area contributed by atoms with Crippen LogP contribution in [0.5, 0.6) is 0 Å². The molecule has 0 aromatic carbocycles. The number of hydrogen-bond donors (Lipinski definition) is 1. The first-order valence-corrected chi connectivity index (χ1v) is 5.49. The van der Waals surface area contributed by atoms with Crippen LogP contribution in [0.2, 0.25) is 0 Å². The van der Waals surface area contributed by atoms with E-state index in [-0.39, 0.29) is 0 Å². The van der Waals surface area contributed by atoms with Gasteiger partial charge in [-0.1, -0.05) is 19.8 Å². The lowest BCUT2D eigenvalue weighted by molar-refractivity contribution is 0.237. The Hall–Kier alpha value is -0.990. The quantitative estimate of drug-likeness (QED) is 0.744. The Morgan fingerprint density at radius 3 is 2.71 bits per heavy atom. The van der Waals surface area contributed by atoms with Crippen molar-refractivity contribution in [2.45, 2.75) is 45.6 Å². The van der Waals surface area contributed by atoms with Gasteiger partial charge in [-0.25, -0.2) is 0 Å². The Balaban J connectivity index is 2.24. The number of rotatable bonds is 1.